The highest BCUT2D eigenvalue weighted by molar-refractivity contribution is 5.96. The van der Waals surface area contributed by atoms with E-state index in [0.717, 1.165) is 24.4 Å². The van der Waals surface area contributed by atoms with Gasteiger partial charge in [-0.2, -0.15) is 5.10 Å². The maximum absolute atomic E-state index is 12.1. The van der Waals surface area contributed by atoms with E-state index < -0.39 is 5.54 Å². The lowest BCUT2D eigenvalue weighted by Crippen LogP contribution is -2.45. The van der Waals surface area contributed by atoms with Gasteiger partial charge in [0.1, 0.15) is 0 Å². The van der Waals surface area contributed by atoms with Crippen LogP contribution in [0.2, 0.25) is 0 Å². The van der Waals surface area contributed by atoms with Gasteiger partial charge >= 0.3 is 0 Å². The van der Waals surface area contributed by atoms with Crippen LogP contribution in [0.4, 0.5) is 0 Å². The molecule has 1 amide bonds. The van der Waals surface area contributed by atoms with Gasteiger partial charge in [0.2, 0.25) is 0 Å². The third kappa shape index (κ3) is 3.57. The van der Waals surface area contributed by atoms with E-state index in [1.807, 2.05) is 32.4 Å². The van der Waals surface area contributed by atoms with Crippen LogP contribution in [0.5, 0.6) is 0 Å². The van der Waals surface area contributed by atoms with Crippen molar-refractivity contribution in [2.24, 2.45) is 5.73 Å². The molecule has 0 saturated heterocycles. The zero-order chi connectivity index (χ0) is 13.9. The van der Waals surface area contributed by atoms with Crippen LogP contribution in [-0.4, -0.2) is 27.8 Å². The number of carbonyl (C=O) groups is 1. The molecule has 0 atom stereocenters. The maximum Gasteiger partial charge on any atom is 0.255 e. The first-order valence-electron chi connectivity index (χ1n) is 6.37. The van der Waals surface area contributed by atoms with E-state index >= 15 is 0 Å². The molecule has 0 aromatic carbocycles. The molecule has 0 fully saturated rings. The van der Waals surface area contributed by atoms with Gasteiger partial charge in [-0.25, -0.2) is 0 Å². The molecule has 0 bridgehead atoms. The van der Waals surface area contributed by atoms with Crippen molar-refractivity contribution >= 4 is 5.91 Å². The zero-order valence-corrected chi connectivity index (χ0v) is 12.0. The molecule has 102 valence electrons. The average Bonchev–Trinajstić information content (AvgIpc) is 2.51. The SMILES string of the molecule is CCCn1nc(C)c(C(=O)NCC(C)(C)N)c1C. The largest absolute Gasteiger partial charge is 0.350 e. The Balaban J connectivity index is 2.86. The smallest absolute Gasteiger partial charge is 0.255 e. The van der Waals surface area contributed by atoms with Crippen LogP contribution in [0.3, 0.4) is 0 Å². The van der Waals surface area contributed by atoms with E-state index in [2.05, 4.69) is 17.3 Å². The summed E-state index contributed by atoms with van der Waals surface area (Å²) < 4.78 is 1.89. The Kier molecular flexibility index (Phi) is 4.51. The highest BCUT2D eigenvalue weighted by Crippen LogP contribution is 2.13. The minimum Gasteiger partial charge on any atom is -0.350 e. The minimum atomic E-state index is -0.406. The van der Waals surface area contributed by atoms with Gasteiger partial charge in [-0.05, 0) is 34.1 Å². The summed E-state index contributed by atoms with van der Waals surface area (Å²) in [7, 11) is 0. The van der Waals surface area contributed by atoms with E-state index in [1.54, 1.807) is 0 Å². The molecular formula is C13H24N4O. The molecule has 1 heterocycles. The minimum absolute atomic E-state index is 0.0918. The molecule has 18 heavy (non-hydrogen) atoms. The zero-order valence-electron chi connectivity index (χ0n) is 12.0. The topological polar surface area (TPSA) is 72.9 Å². The molecule has 1 aromatic rings. The second-order valence-electron chi connectivity index (χ2n) is 5.44. The summed E-state index contributed by atoms with van der Waals surface area (Å²) in [6, 6.07) is 0. The van der Waals surface area contributed by atoms with Crippen molar-refractivity contribution in [3.05, 3.63) is 17.0 Å². The van der Waals surface area contributed by atoms with E-state index in [-0.39, 0.29) is 5.91 Å². The van der Waals surface area contributed by atoms with Gasteiger partial charge in [0.15, 0.2) is 0 Å². The summed E-state index contributed by atoms with van der Waals surface area (Å²) in [5, 5.41) is 7.25. The molecule has 0 aliphatic carbocycles. The normalized spacial score (nSPS) is 11.7. The fourth-order valence-corrected chi connectivity index (χ4v) is 1.85. The molecule has 0 spiro atoms. The van der Waals surface area contributed by atoms with Crippen molar-refractivity contribution in [3.63, 3.8) is 0 Å². The van der Waals surface area contributed by atoms with Crippen molar-refractivity contribution in [2.45, 2.75) is 53.1 Å². The first-order chi connectivity index (χ1) is 8.26. The van der Waals surface area contributed by atoms with Crippen LogP contribution in [0.1, 0.15) is 48.9 Å². The summed E-state index contributed by atoms with van der Waals surface area (Å²) in [6.07, 6.45) is 0.999. The first kappa shape index (κ1) is 14.7. The fourth-order valence-electron chi connectivity index (χ4n) is 1.85. The van der Waals surface area contributed by atoms with Gasteiger partial charge in [-0.15, -0.1) is 0 Å². The van der Waals surface area contributed by atoms with Gasteiger partial charge in [-0.1, -0.05) is 6.92 Å². The highest BCUT2D eigenvalue weighted by atomic mass is 16.1. The maximum atomic E-state index is 12.1. The molecule has 1 rings (SSSR count). The third-order valence-electron chi connectivity index (χ3n) is 2.75. The van der Waals surface area contributed by atoms with Crippen molar-refractivity contribution in [1.29, 1.82) is 0 Å². The third-order valence-corrected chi connectivity index (χ3v) is 2.75. The Morgan fingerprint density at radius 3 is 2.56 bits per heavy atom. The molecule has 0 radical (unpaired) electrons. The van der Waals surface area contributed by atoms with Gasteiger partial charge < -0.3 is 11.1 Å². The number of nitrogens with two attached hydrogens (primary N) is 1. The number of aromatic nitrogens is 2. The summed E-state index contributed by atoms with van der Waals surface area (Å²) in [5.41, 5.74) is 7.81. The number of hydrogen-bond acceptors (Lipinski definition) is 3. The molecular weight excluding hydrogens is 228 g/mol. The van der Waals surface area contributed by atoms with Crippen LogP contribution >= 0.6 is 0 Å². The number of aryl methyl sites for hydroxylation is 2. The lowest BCUT2D eigenvalue weighted by atomic mass is 10.1. The predicted octanol–water partition coefficient (Wildman–Crippen LogP) is 1.38. The van der Waals surface area contributed by atoms with Crippen LogP contribution in [-0.2, 0) is 6.54 Å². The van der Waals surface area contributed by atoms with Crippen molar-refractivity contribution in [1.82, 2.24) is 15.1 Å². The Labute approximate surface area is 109 Å². The summed E-state index contributed by atoms with van der Waals surface area (Å²) >= 11 is 0. The standard InChI is InChI=1S/C13H24N4O/c1-6-7-17-10(3)11(9(2)16-17)12(18)15-8-13(4,5)14/h6-8,14H2,1-5H3,(H,15,18). The van der Waals surface area contributed by atoms with Gasteiger partial charge in [0.05, 0.1) is 11.3 Å². The molecule has 0 unspecified atom stereocenters. The van der Waals surface area contributed by atoms with Crippen molar-refractivity contribution in [2.75, 3.05) is 6.54 Å². The fraction of sp³-hybridized carbons (Fsp3) is 0.692. The van der Waals surface area contributed by atoms with E-state index in [4.69, 9.17) is 5.73 Å². The average molecular weight is 252 g/mol. The van der Waals surface area contributed by atoms with E-state index in [0.29, 0.717) is 12.1 Å². The Morgan fingerprint density at radius 1 is 1.44 bits per heavy atom. The predicted molar refractivity (Wildman–Crippen MR) is 72.6 cm³/mol. The van der Waals surface area contributed by atoms with E-state index in [1.165, 1.54) is 0 Å². The molecule has 5 heteroatoms. The summed E-state index contributed by atoms with van der Waals surface area (Å²) in [6.45, 7) is 10.9. The first-order valence-corrected chi connectivity index (χ1v) is 6.37. The number of rotatable bonds is 5. The second kappa shape index (κ2) is 5.52. The van der Waals surface area contributed by atoms with Crippen LogP contribution in [0.25, 0.3) is 0 Å². The second-order valence-corrected chi connectivity index (χ2v) is 5.44. The Morgan fingerprint density at radius 2 is 2.06 bits per heavy atom. The highest BCUT2D eigenvalue weighted by Gasteiger charge is 2.20. The Hall–Kier alpha value is -1.36. The van der Waals surface area contributed by atoms with E-state index in [9.17, 15) is 4.79 Å². The molecule has 0 saturated carbocycles. The van der Waals surface area contributed by atoms with Gasteiger partial charge in [0.25, 0.3) is 5.91 Å². The monoisotopic (exact) mass is 252 g/mol. The number of hydrogen-bond donors (Lipinski definition) is 2. The van der Waals surface area contributed by atoms with Crippen LogP contribution in [0, 0.1) is 13.8 Å². The molecule has 0 aliphatic heterocycles. The molecule has 0 aliphatic rings. The number of amides is 1. The molecule has 3 N–H and O–H groups in total. The lowest BCUT2D eigenvalue weighted by Gasteiger charge is -2.18. The van der Waals surface area contributed by atoms with Gasteiger partial charge in [0, 0.05) is 24.3 Å². The van der Waals surface area contributed by atoms with Crippen LogP contribution in [0.15, 0.2) is 0 Å². The molecule has 1 aromatic heterocycles. The number of nitrogens with zero attached hydrogens (tertiary/aromatic N) is 2. The number of carbonyl (C=O) groups excluding carboxylic acids is 1. The molecule has 5 nitrogen and oxygen atoms in total. The lowest BCUT2D eigenvalue weighted by molar-refractivity contribution is 0.0944. The van der Waals surface area contributed by atoms with Crippen molar-refractivity contribution < 1.29 is 4.79 Å². The number of nitrogens with one attached hydrogen (secondary N) is 1. The summed E-state index contributed by atoms with van der Waals surface area (Å²) in [4.78, 5) is 12.1. The Bertz CT molecular complexity index is 429. The van der Waals surface area contributed by atoms with Crippen molar-refractivity contribution in [3.8, 4) is 0 Å². The quantitative estimate of drug-likeness (QED) is 0.831. The summed E-state index contributed by atoms with van der Waals surface area (Å²) in [5.74, 6) is -0.0918. The van der Waals surface area contributed by atoms with Gasteiger partial charge in [-0.3, -0.25) is 9.48 Å². The van der Waals surface area contributed by atoms with Crippen LogP contribution < -0.4 is 11.1 Å².